The van der Waals surface area contributed by atoms with E-state index in [0.29, 0.717) is 12.5 Å². The van der Waals surface area contributed by atoms with Gasteiger partial charge in [-0.15, -0.1) is 23.2 Å². The molecule has 2 nitrogen and oxygen atoms in total. The number of carbonyl (C=O) groups is 1. The van der Waals surface area contributed by atoms with Crippen molar-refractivity contribution in [1.29, 1.82) is 0 Å². The third-order valence-corrected chi connectivity index (χ3v) is 4.18. The Morgan fingerprint density at radius 2 is 1.67 bits per heavy atom. The maximum atomic E-state index is 11.7. The molecule has 2 fully saturated rings. The SMILES string of the molecule is O=C(NC1CCCCCC1)[C@H]1CC1(Cl)Cl. The molecule has 0 radical (unpaired) electrons. The summed E-state index contributed by atoms with van der Waals surface area (Å²) in [5, 5.41) is 3.07. The number of halogens is 2. The van der Waals surface area contributed by atoms with Crippen LogP contribution in [0.3, 0.4) is 0 Å². The molecule has 4 heteroatoms. The second-order valence-electron chi connectivity index (χ2n) is 4.71. The second-order valence-corrected chi connectivity index (χ2v) is 6.26. The minimum absolute atomic E-state index is 0.0481. The Hall–Kier alpha value is 0.0500. The Bertz CT molecular complexity index is 247. The van der Waals surface area contributed by atoms with Gasteiger partial charge in [0.2, 0.25) is 5.91 Å². The molecule has 15 heavy (non-hydrogen) atoms. The van der Waals surface area contributed by atoms with Crippen molar-refractivity contribution in [2.24, 2.45) is 5.92 Å². The van der Waals surface area contributed by atoms with Crippen molar-refractivity contribution in [3.05, 3.63) is 0 Å². The summed E-state index contributed by atoms with van der Waals surface area (Å²) in [7, 11) is 0. The van der Waals surface area contributed by atoms with Gasteiger partial charge in [-0.25, -0.2) is 0 Å². The van der Waals surface area contributed by atoms with Gasteiger partial charge < -0.3 is 5.32 Å². The van der Waals surface area contributed by atoms with Gasteiger partial charge in [0.25, 0.3) is 0 Å². The van der Waals surface area contributed by atoms with Crippen molar-refractivity contribution < 1.29 is 4.79 Å². The molecule has 0 spiro atoms. The predicted molar refractivity (Wildman–Crippen MR) is 62.2 cm³/mol. The molecule has 1 amide bonds. The van der Waals surface area contributed by atoms with Gasteiger partial charge in [-0.05, 0) is 19.3 Å². The number of amides is 1. The van der Waals surface area contributed by atoms with Crippen LogP contribution in [0.4, 0.5) is 0 Å². The highest BCUT2D eigenvalue weighted by Gasteiger charge is 2.56. The maximum Gasteiger partial charge on any atom is 0.226 e. The summed E-state index contributed by atoms with van der Waals surface area (Å²) in [6, 6.07) is 0.352. The average molecular weight is 250 g/mol. The highest BCUT2D eigenvalue weighted by molar-refractivity contribution is 6.52. The second kappa shape index (κ2) is 4.50. The Morgan fingerprint density at radius 1 is 1.13 bits per heavy atom. The van der Waals surface area contributed by atoms with Gasteiger partial charge in [0.05, 0.1) is 5.92 Å². The van der Waals surface area contributed by atoms with Crippen LogP contribution < -0.4 is 5.32 Å². The molecule has 1 N–H and O–H groups in total. The van der Waals surface area contributed by atoms with Crippen molar-refractivity contribution in [2.75, 3.05) is 0 Å². The van der Waals surface area contributed by atoms with E-state index in [0.717, 1.165) is 12.8 Å². The van der Waals surface area contributed by atoms with Crippen LogP contribution in [0.2, 0.25) is 0 Å². The van der Waals surface area contributed by atoms with Crippen molar-refractivity contribution in [1.82, 2.24) is 5.32 Å². The molecule has 2 rings (SSSR count). The molecule has 2 aliphatic rings. The zero-order valence-corrected chi connectivity index (χ0v) is 10.3. The number of carbonyl (C=O) groups excluding carboxylic acids is 1. The van der Waals surface area contributed by atoms with Gasteiger partial charge in [0, 0.05) is 6.04 Å². The summed E-state index contributed by atoms with van der Waals surface area (Å²) in [6.07, 6.45) is 7.86. The quantitative estimate of drug-likeness (QED) is 0.592. The van der Waals surface area contributed by atoms with Crippen LogP contribution in [0.1, 0.15) is 44.9 Å². The van der Waals surface area contributed by atoms with Crippen molar-refractivity contribution in [3.8, 4) is 0 Å². The Balaban J connectivity index is 1.78. The number of alkyl halides is 2. The van der Waals surface area contributed by atoms with Crippen molar-refractivity contribution in [2.45, 2.75) is 55.3 Å². The Morgan fingerprint density at radius 3 is 2.13 bits per heavy atom. The molecule has 86 valence electrons. The highest BCUT2D eigenvalue weighted by Crippen LogP contribution is 2.53. The summed E-state index contributed by atoms with van der Waals surface area (Å²) in [6.45, 7) is 0. The van der Waals surface area contributed by atoms with E-state index in [1.807, 2.05) is 0 Å². The highest BCUT2D eigenvalue weighted by atomic mass is 35.5. The van der Waals surface area contributed by atoms with Crippen LogP contribution in [0.5, 0.6) is 0 Å². The van der Waals surface area contributed by atoms with E-state index in [4.69, 9.17) is 23.2 Å². The summed E-state index contributed by atoms with van der Waals surface area (Å²) in [5.74, 6) is -0.129. The number of hydrogen-bond acceptors (Lipinski definition) is 1. The third kappa shape index (κ3) is 3.01. The topological polar surface area (TPSA) is 29.1 Å². The molecule has 0 heterocycles. The van der Waals surface area contributed by atoms with E-state index in [9.17, 15) is 4.79 Å². The molecular weight excluding hydrogens is 233 g/mol. The largest absolute Gasteiger partial charge is 0.353 e. The fourth-order valence-corrected chi connectivity index (χ4v) is 2.73. The first-order chi connectivity index (χ1) is 7.09. The first kappa shape index (κ1) is 11.5. The predicted octanol–water partition coefficient (Wildman–Crippen LogP) is 3.02. The van der Waals surface area contributed by atoms with Crippen LogP contribution >= 0.6 is 23.2 Å². The number of nitrogens with one attached hydrogen (secondary N) is 1. The number of rotatable bonds is 2. The molecule has 0 aromatic carbocycles. The summed E-state index contributed by atoms with van der Waals surface area (Å²) < 4.78 is -0.783. The monoisotopic (exact) mass is 249 g/mol. The lowest BCUT2D eigenvalue weighted by Crippen LogP contribution is -2.36. The molecule has 0 unspecified atom stereocenters. The van der Waals surface area contributed by atoms with Crippen LogP contribution in [-0.4, -0.2) is 16.3 Å². The maximum absolute atomic E-state index is 11.7. The molecule has 0 bridgehead atoms. The summed E-state index contributed by atoms with van der Waals surface area (Å²) in [5.41, 5.74) is 0. The van der Waals surface area contributed by atoms with E-state index < -0.39 is 4.33 Å². The fraction of sp³-hybridized carbons (Fsp3) is 0.909. The average Bonchev–Trinajstić information content (AvgIpc) is 2.85. The first-order valence-electron chi connectivity index (χ1n) is 5.78. The molecule has 2 saturated carbocycles. The van der Waals surface area contributed by atoms with Gasteiger partial charge >= 0.3 is 0 Å². The summed E-state index contributed by atoms with van der Waals surface area (Å²) in [4.78, 5) is 11.7. The van der Waals surface area contributed by atoms with E-state index in [1.54, 1.807) is 0 Å². The van der Waals surface area contributed by atoms with Crippen LogP contribution in [-0.2, 0) is 4.79 Å². The molecule has 2 aliphatic carbocycles. The molecular formula is C11H17Cl2NO. The third-order valence-electron chi connectivity index (χ3n) is 3.34. The molecule has 0 aromatic heterocycles. The van der Waals surface area contributed by atoms with Crippen molar-refractivity contribution >= 4 is 29.1 Å². The minimum Gasteiger partial charge on any atom is -0.353 e. The van der Waals surface area contributed by atoms with Crippen LogP contribution in [0.25, 0.3) is 0 Å². The zero-order chi connectivity index (χ0) is 10.9. The lowest BCUT2D eigenvalue weighted by Gasteiger charge is -2.16. The van der Waals surface area contributed by atoms with Gasteiger partial charge in [0.1, 0.15) is 4.33 Å². The van der Waals surface area contributed by atoms with Gasteiger partial charge in [-0.3, -0.25) is 4.79 Å². The first-order valence-corrected chi connectivity index (χ1v) is 6.53. The molecule has 0 saturated heterocycles. The number of hydrogen-bond donors (Lipinski definition) is 1. The Labute approximate surface area is 101 Å². The van der Waals surface area contributed by atoms with E-state index in [1.165, 1.54) is 25.7 Å². The van der Waals surface area contributed by atoms with Crippen LogP contribution in [0, 0.1) is 5.92 Å². The minimum atomic E-state index is -0.783. The van der Waals surface area contributed by atoms with Crippen molar-refractivity contribution in [3.63, 3.8) is 0 Å². The molecule has 1 atom stereocenters. The van der Waals surface area contributed by atoms with Crippen LogP contribution in [0.15, 0.2) is 0 Å². The fourth-order valence-electron chi connectivity index (χ4n) is 2.22. The lowest BCUT2D eigenvalue weighted by atomic mass is 10.1. The lowest BCUT2D eigenvalue weighted by molar-refractivity contribution is -0.123. The smallest absolute Gasteiger partial charge is 0.226 e. The van der Waals surface area contributed by atoms with E-state index in [-0.39, 0.29) is 11.8 Å². The zero-order valence-electron chi connectivity index (χ0n) is 8.77. The van der Waals surface area contributed by atoms with Gasteiger partial charge in [-0.1, -0.05) is 25.7 Å². The van der Waals surface area contributed by atoms with Gasteiger partial charge in [0.15, 0.2) is 0 Å². The van der Waals surface area contributed by atoms with Gasteiger partial charge in [-0.2, -0.15) is 0 Å². The standard InChI is InChI=1S/C11H17Cl2NO/c12-11(13)7-9(11)10(15)14-8-5-3-1-2-4-6-8/h8-9H,1-7H2,(H,14,15)/t9-/m1/s1. The molecule has 0 aromatic rings. The summed E-state index contributed by atoms with van der Waals surface area (Å²) >= 11 is 11.7. The van der Waals surface area contributed by atoms with E-state index in [2.05, 4.69) is 5.32 Å². The Kier molecular flexibility index (Phi) is 3.46. The molecule has 0 aliphatic heterocycles. The normalized spacial score (nSPS) is 30.7. The van der Waals surface area contributed by atoms with E-state index >= 15 is 0 Å².